The molecule has 13 aromatic rings. The first-order valence-electron chi connectivity index (χ1n) is 20.1. The van der Waals surface area contributed by atoms with Gasteiger partial charge in [0.2, 0.25) is 0 Å². The van der Waals surface area contributed by atoms with E-state index in [0.29, 0.717) is 0 Å². The molecule has 0 aliphatic heterocycles. The van der Waals surface area contributed by atoms with Crippen molar-refractivity contribution in [3.05, 3.63) is 182 Å². The first-order chi connectivity index (χ1) is 29.7. The molecule has 6 heteroatoms. The fourth-order valence-corrected chi connectivity index (χ4v) is 9.36. The fourth-order valence-electron chi connectivity index (χ4n) is 9.36. The van der Waals surface area contributed by atoms with Crippen LogP contribution in [0.25, 0.3) is 132 Å². The number of hydrogen-bond acceptors (Lipinski definition) is 6. The SMILES string of the molecule is c1ccc2c(c1)c1ccccc1c1nc(-c3cc(-c4cnc5c6ccccc6c6ccccc6c5n4)cc(-c4cnc5c6ccccc6c6ccccc6c5n4)c3)cnc21. The minimum absolute atomic E-state index is 0.751. The zero-order valence-corrected chi connectivity index (χ0v) is 32.0. The summed E-state index contributed by atoms with van der Waals surface area (Å²) < 4.78 is 0. The Morgan fingerprint density at radius 1 is 0.217 bits per heavy atom. The molecule has 0 amide bonds. The summed E-state index contributed by atoms with van der Waals surface area (Å²) in [5.41, 5.74) is 10.2. The Morgan fingerprint density at radius 3 is 0.650 bits per heavy atom. The number of fused-ring (bicyclic) bond motifs is 18. The molecular weight excluding hydrogens is 733 g/mol. The van der Waals surface area contributed by atoms with E-state index in [4.69, 9.17) is 29.9 Å². The van der Waals surface area contributed by atoms with Crippen molar-refractivity contribution in [3.8, 4) is 33.8 Å². The van der Waals surface area contributed by atoms with Crippen LogP contribution in [0.15, 0.2) is 182 Å². The van der Waals surface area contributed by atoms with Gasteiger partial charge < -0.3 is 0 Å². The molecule has 0 aliphatic carbocycles. The fraction of sp³-hybridized carbons (Fsp3) is 0. The first kappa shape index (κ1) is 32.8. The highest BCUT2D eigenvalue weighted by molar-refractivity contribution is 6.25. The van der Waals surface area contributed by atoms with Gasteiger partial charge in [0.1, 0.15) is 0 Å². The van der Waals surface area contributed by atoms with Crippen molar-refractivity contribution < 1.29 is 0 Å². The van der Waals surface area contributed by atoms with E-state index in [1.54, 1.807) is 0 Å². The van der Waals surface area contributed by atoms with Crippen LogP contribution >= 0.6 is 0 Å². The molecule has 0 bridgehead atoms. The maximum absolute atomic E-state index is 5.41. The molecule has 0 radical (unpaired) electrons. The lowest BCUT2D eigenvalue weighted by Gasteiger charge is -2.14. The average Bonchev–Trinajstić information content (AvgIpc) is 3.33. The summed E-state index contributed by atoms with van der Waals surface area (Å²) in [5.74, 6) is 0. The summed E-state index contributed by atoms with van der Waals surface area (Å²) in [6.45, 7) is 0. The molecule has 60 heavy (non-hydrogen) atoms. The topological polar surface area (TPSA) is 77.3 Å². The van der Waals surface area contributed by atoms with Crippen molar-refractivity contribution in [3.63, 3.8) is 0 Å². The van der Waals surface area contributed by atoms with E-state index in [1.165, 1.54) is 0 Å². The largest absolute Gasteiger partial charge is 0.252 e. The van der Waals surface area contributed by atoms with Crippen LogP contribution < -0.4 is 0 Å². The van der Waals surface area contributed by atoms with Gasteiger partial charge in [-0.05, 0) is 50.5 Å². The third-order valence-corrected chi connectivity index (χ3v) is 12.1. The highest BCUT2D eigenvalue weighted by atomic mass is 14.8. The van der Waals surface area contributed by atoms with Crippen molar-refractivity contribution in [1.82, 2.24) is 29.9 Å². The monoisotopic (exact) mass is 762 g/mol. The van der Waals surface area contributed by atoms with Gasteiger partial charge in [0, 0.05) is 49.0 Å². The second kappa shape index (κ2) is 12.6. The third-order valence-electron chi connectivity index (χ3n) is 12.1. The maximum atomic E-state index is 5.41. The van der Waals surface area contributed by atoms with Crippen molar-refractivity contribution in [1.29, 1.82) is 0 Å². The van der Waals surface area contributed by atoms with Crippen molar-refractivity contribution in [2.75, 3.05) is 0 Å². The quantitative estimate of drug-likeness (QED) is 0.167. The van der Waals surface area contributed by atoms with Gasteiger partial charge in [-0.2, -0.15) is 0 Å². The number of aromatic nitrogens is 6. The van der Waals surface area contributed by atoms with Crippen LogP contribution in [0.4, 0.5) is 0 Å². The number of rotatable bonds is 3. The first-order valence-corrected chi connectivity index (χ1v) is 20.1. The molecule has 0 aliphatic rings. The van der Waals surface area contributed by atoms with Crippen LogP contribution in [0.2, 0.25) is 0 Å². The smallest absolute Gasteiger partial charge is 0.0979 e. The van der Waals surface area contributed by atoms with Gasteiger partial charge in [-0.25, -0.2) is 15.0 Å². The summed E-state index contributed by atoms with van der Waals surface area (Å²) in [6, 6.07) is 57.2. The lowest BCUT2D eigenvalue weighted by molar-refractivity contribution is 1.28. The van der Waals surface area contributed by atoms with Crippen LogP contribution in [-0.2, 0) is 0 Å². The second-order valence-electron chi connectivity index (χ2n) is 15.4. The van der Waals surface area contributed by atoms with E-state index in [2.05, 4.69) is 164 Å². The Bertz CT molecular complexity index is 3440. The summed E-state index contributed by atoms with van der Waals surface area (Å²) in [6.07, 6.45) is 5.68. The van der Waals surface area contributed by atoms with E-state index >= 15 is 0 Å². The molecule has 276 valence electrons. The predicted molar refractivity (Wildman–Crippen MR) is 247 cm³/mol. The van der Waals surface area contributed by atoms with E-state index < -0.39 is 0 Å². The highest BCUT2D eigenvalue weighted by Crippen LogP contribution is 2.39. The van der Waals surface area contributed by atoms with Gasteiger partial charge in [0.05, 0.1) is 68.8 Å². The van der Waals surface area contributed by atoms with Crippen LogP contribution in [0, 0.1) is 0 Å². The van der Waals surface area contributed by atoms with E-state index in [1.807, 2.05) is 18.6 Å². The lowest BCUT2D eigenvalue weighted by Crippen LogP contribution is -1.96. The number of benzene rings is 10. The Kier molecular flexibility index (Phi) is 6.91. The third kappa shape index (κ3) is 4.82. The molecule has 0 fully saturated rings. The molecule has 6 nitrogen and oxygen atoms in total. The molecule has 3 aromatic heterocycles. The minimum atomic E-state index is 0.751. The number of nitrogens with zero attached hydrogens (tertiary/aromatic N) is 6. The van der Waals surface area contributed by atoms with Crippen molar-refractivity contribution >= 4 is 97.7 Å². The van der Waals surface area contributed by atoms with E-state index in [-0.39, 0.29) is 0 Å². The standard InChI is InChI=1S/C54H30N6/c1-7-19-40-34(13-1)37-16-4-10-22-43(37)52-49(40)55-28-46(58-52)31-25-32(47-29-56-50-41-20-8-2-14-35(41)38-17-5-11-23-44(38)53(50)59-47)27-33(26-31)48-30-57-51-42-21-9-3-15-36(42)39-18-6-12-24-45(39)54(51)60-48/h1-30H. The van der Waals surface area contributed by atoms with E-state index in [9.17, 15) is 0 Å². The zero-order valence-electron chi connectivity index (χ0n) is 32.0. The summed E-state index contributed by atoms with van der Waals surface area (Å²) in [4.78, 5) is 31.6. The van der Waals surface area contributed by atoms with Crippen molar-refractivity contribution in [2.45, 2.75) is 0 Å². The molecule has 0 N–H and O–H groups in total. The van der Waals surface area contributed by atoms with Crippen LogP contribution in [0.3, 0.4) is 0 Å². The molecule has 0 spiro atoms. The van der Waals surface area contributed by atoms with Crippen molar-refractivity contribution in [2.24, 2.45) is 0 Å². The van der Waals surface area contributed by atoms with Crippen LogP contribution in [-0.4, -0.2) is 29.9 Å². The van der Waals surface area contributed by atoms with Crippen LogP contribution in [0.1, 0.15) is 0 Å². The molecule has 0 unspecified atom stereocenters. The molecule has 0 atom stereocenters. The van der Waals surface area contributed by atoms with Gasteiger partial charge in [0.25, 0.3) is 0 Å². The Labute approximate surface area is 342 Å². The van der Waals surface area contributed by atoms with Gasteiger partial charge in [0.15, 0.2) is 0 Å². The van der Waals surface area contributed by atoms with Crippen LogP contribution in [0.5, 0.6) is 0 Å². The summed E-state index contributed by atoms with van der Waals surface area (Å²) in [5, 5.41) is 13.4. The summed E-state index contributed by atoms with van der Waals surface area (Å²) >= 11 is 0. The van der Waals surface area contributed by atoms with Gasteiger partial charge >= 0.3 is 0 Å². The molecule has 3 heterocycles. The Morgan fingerprint density at radius 2 is 0.417 bits per heavy atom. The zero-order chi connectivity index (χ0) is 39.3. The Hall–Kier alpha value is -8.22. The van der Waals surface area contributed by atoms with Gasteiger partial charge in [-0.15, -0.1) is 0 Å². The van der Waals surface area contributed by atoms with Gasteiger partial charge in [-0.3, -0.25) is 15.0 Å². The second-order valence-corrected chi connectivity index (χ2v) is 15.4. The lowest BCUT2D eigenvalue weighted by atomic mass is 9.97. The highest BCUT2D eigenvalue weighted by Gasteiger charge is 2.18. The molecular formula is C54H30N6. The average molecular weight is 763 g/mol. The number of hydrogen-bond donors (Lipinski definition) is 0. The minimum Gasteiger partial charge on any atom is -0.252 e. The molecule has 0 saturated heterocycles. The molecule has 13 rings (SSSR count). The summed E-state index contributed by atoms with van der Waals surface area (Å²) in [7, 11) is 0. The van der Waals surface area contributed by atoms with Gasteiger partial charge in [-0.1, -0.05) is 146 Å². The molecule has 10 aromatic carbocycles. The maximum Gasteiger partial charge on any atom is 0.0979 e. The normalized spacial score (nSPS) is 12.0. The predicted octanol–water partition coefficient (Wildman–Crippen LogP) is 13.4. The van der Waals surface area contributed by atoms with E-state index in [0.717, 1.165) is 132 Å². The Balaban J connectivity index is 1.08. The molecule has 0 saturated carbocycles.